The summed E-state index contributed by atoms with van der Waals surface area (Å²) < 4.78 is 0. The van der Waals surface area contributed by atoms with E-state index in [4.69, 9.17) is 11.6 Å². The first-order valence-corrected chi connectivity index (χ1v) is 8.45. The SMILES string of the molecule is CC(=O)c1nnc(Nc2cccc(Cl)c2)c2c1C1CCC2CC1. The topological polar surface area (TPSA) is 54.9 Å². The van der Waals surface area contributed by atoms with Gasteiger partial charge in [-0.25, -0.2) is 0 Å². The normalized spacial score (nSPS) is 21.8. The summed E-state index contributed by atoms with van der Waals surface area (Å²) in [5.74, 6) is 1.71. The number of aromatic nitrogens is 2. The highest BCUT2D eigenvalue weighted by atomic mass is 35.5. The van der Waals surface area contributed by atoms with Crippen LogP contribution in [-0.2, 0) is 0 Å². The Hall–Kier alpha value is -1.94. The third-order valence-electron chi connectivity index (χ3n) is 5.01. The Morgan fingerprint density at radius 3 is 2.48 bits per heavy atom. The molecule has 23 heavy (non-hydrogen) atoms. The van der Waals surface area contributed by atoms with Crippen molar-refractivity contribution in [3.05, 3.63) is 46.1 Å². The molecule has 0 unspecified atom stereocenters. The number of nitrogens with one attached hydrogen (secondary N) is 1. The van der Waals surface area contributed by atoms with Gasteiger partial charge in [-0.3, -0.25) is 4.79 Å². The average Bonchev–Trinajstić information content (AvgIpc) is 2.56. The van der Waals surface area contributed by atoms with Crippen LogP contribution in [0.1, 0.15) is 66.1 Å². The fourth-order valence-electron chi connectivity index (χ4n) is 4.02. The van der Waals surface area contributed by atoms with E-state index >= 15 is 0 Å². The second-order valence-electron chi connectivity index (χ2n) is 6.46. The third-order valence-corrected chi connectivity index (χ3v) is 5.25. The van der Waals surface area contributed by atoms with Gasteiger partial charge in [-0.1, -0.05) is 17.7 Å². The van der Waals surface area contributed by atoms with Gasteiger partial charge in [-0.15, -0.1) is 10.2 Å². The van der Waals surface area contributed by atoms with Gasteiger partial charge in [0.1, 0.15) is 5.69 Å². The van der Waals surface area contributed by atoms with Crippen LogP contribution in [0.15, 0.2) is 24.3 Å². The first-order valence-electron chi connectivity index (χ1n) is 8.07. The predicted molar refractivity (Wildman–Crippen MR) is 90.7 cm³/mol. The molecule has 1 N–H and O–H groups in total. The zero-order valence-corrected chi connectivity index (χ0v) is 13.7. The molecule has 2 bridgehead atoms. The minimum atomic E-state index is 0.00982. The van der Waals surface area contributed by atoms with Crippen LogP contribution in [0.2, 0.25) is 5.02 Å². The summed E-state index contributed by atoms with van der Waals surface area (Å²) >= 11 is 6.06. The molecule has 2 aromatic rings. The lowest BCUT2D eigenvalue weighted by Crippen LogP contribution is -2.27. The van der Waals surface area contributed by atoms with E-state index in [0.29, 0.717) is 22.6 Å². The molecule has 4 nitrogen and oxygen atoms in total. The molecule has 1 aromatic heterocycles. The van der Waals surface area contributed by atoms with Gasteiger partial charge in [-0.2, -0.15) is 0 Å². The highest BCUT2D eigenvalue weighted by molar-refractivity contribution is 6.30. The summed E-state index contributed by atoms with van der Waals surface area (Å²) in [5.41, 5.74) is 3.80. The number of hydrogen-bond acceptors (Lipinski definition) is 4. The first kappa shape index (κ1) is 14.6. The van der Waals surface area contributed by atoms with Crippen molar-refractivity contribution in [1.82, 2.24) is 10.2 Å². The number of nitrogens with zero attached hydrogens (tertiary/aromatic N) is 2. The first-order chi connectivity index (χ1) is 11.1. The summed E-state index contributed by atoms with van der Waals surface area (Å²) in [6, 6.07) is 7.57. The molecule has 0 aliphatic heterocycles. The van der Waals surface area contributed by atoms with Gasteiger partial charge in [-0.05, 0) is 61.3 Å². The van der Waals surface area contributed by atoms with E-state index in [2.05, 4.69) is 15.5 Å². The number of halogens is 1. The molecule has 3 aliphatic rings. The minimum absolute atomic E-state index is 0.00982. The highest BCUT2D eigenvalue weighted by Crippen LogP contribution is 2.52. The van der Waals surface area contributed by atoms with Gasteiger partial charge in [0, 0.05) is 23.2 Å². The molecule has 1 aromatic carbocycles. The van der Waals surface area contributed by atoms with Crippen molar-refractivity contribution in [2.45, 2.75) is 44.4 Å². The van der Waals surface area contributed by atoms with Crippen molar-refractivity contribution in [1.29, 1.82) is 0 Å². The highest BCUT2D eigenvalue weighted by Gasteiger charge is 2.38. The van der Waals surface area contributed by atoms with Gasteiger partial charge in [0.05, 0.1) is 0 Å². The van der Waals surface area contributed by atoms with Crippen LogP contribution in [0.3, 0.4) is 0 Å². The molecule has 5 rings (SSSR count). The van der Waals surface area contributed by atoms with Crippen LogP contribution in [-0.4, -0.2) is 16.0 Å². The quantitative estimate of drug-likeness (QED) is 0.820. The lowest BCUT2D eigenvalue weighted by molar-refractivity contribution is 0.100. The number of rotatable bonds is 3. The van der Waals surface area contributed by atoms with Crippen molar-refractivity contribution in [2.75, 3.05) is 5.32 Å². The van der Waals surface area contributed by atoms with Gasteiger partial charge >= 0.3 is 0 Å². The number of fused-ring (bicyclic) bond motifs is 2. The van der Waals surface area contributed by atoms with Gasteiger partial charge in [0.15, 0.2) is 11.6 Å². The summed E-state index contributed by atoms with van der Waals surface area (Å²) in [4.78, 5) is 12.0. The van der Waals surface area contributed by atoms with Gasteiger partial charge < -0.3 is 5.32 Å². The van der Waals surface area contributed by atoms with Crippen LogP contribution in [0.5, 0.6) is 0 Å². The number of benzene rings is 1. The largest absolute Gasteiger partial charge is 0.338 e. The molecule has 1 saturated carbocycles. The van der Waals surface area contributed by atoms with E-state index < -0.39 is 0 Å². The number of Topliss-reactive ketones (excluding diaryl/α,β-unsaturated/α-hetero) is 1. The van der Waals surface area contributed by atoms with Crippen molar-refractivity contribution >= 4 is 28.9 Å². The third kappa shape index (κ3) is 2.51. The Balaban J connectivity index is 1.83. The number of ketones is 1. The Kier molecular flexibility index (Phi) is 3.57. The van der Waals surface area contributed by atoms with Crippen LogP contribution >= 0.6 is 11.6 Å². The predicted octanol–water partition coefficient (Wildman–Crippen LogP) is 4.83. The van der Waals surface area contributed by atoms with Crippen molar-refractivity contribution in [3.63, 3.8) is 0 Å². The summed E-state index contributed by atoms with van der Waals surface area (Å²) in [7, 11) is 0. The second-order valence-corrected chi connectivity index (χ2v) is 6.90. The van der Waals surface area contributed by atoms with E-state index in [0.717, 1.165) is 29.9 Å². The van der Waals surface area contributed by atoms with E-state index in [1.54, 1.807) is 6.92 Å². The molecule has 1 fully saturated rings. The van der Waals surface area contributed by atoms with Crippen LogP contribution < -0.4 is 5.32 Å². The van der Waals surface area contributed by atoms with Crippen LogP contribution in [0, 0.1) is 0 Å². The maximum Gasteiger partial charge on any atom is 0.180 e. The lowest BCUT2D eigenvalue weighted by Gasteiger charge is -2.39. The molecule has 0 amide bonds. The van der Waals surface area contributed by atoms with Gasteiger partial charge in [0.2, 0.25) is 0 Å². The molecule has 1 heterocycles. The van der Waals surface area contributed by atoms with E-state index in [1.807, 2.05) is 24.3 Å². The number of anilines is 2. The minimum Gasteiger partial charge on any atom is -0.338 e. The molecular formula is C18H18ClN3O. The average molecular weight is 328 g/mol. The Labute approximate surface area is 140 Å². The van der Waals surface area contributed by atoms with Crippen molar-refractivity contribution < 1.29 is 4.79 Å². The van der Waals surface area contributed by atoms with Crippen molar-refractivity contribution in [2.24, 2.45) is 0 Å². The summed E-state index contributed by atoms with van der Waals surface area (Å²) in [5, 5.41) is 12.6. The Morgan fingerprint density at radius 2 is 1.83 bits per heavy atom. The molecule has 0 atom stereocenters. The molecule has 0 spiro atoms. The van der Waals surface area contributed by atoms with E-state index in [-0.39, 0.29) is 5.78 Å². The summed E-state index contributed by atoms with van der Waals surface area (Å²) in [6.07, 6.45) is 4.65. The lowest BCUT2D eigenvalue weighted by atomic mass is 9.66. The monoisotopic (exact) mass is 327 g/mol. The van der Waals surface area contributed by atoms with E-state index in [9.17, 15) is 4.79 Å². The second kappa shape index (κ2) is 5.60. The smallest absolute Gasteiger partial charge is 0.180 e. The zero-order valence-electron chi connectivity index (χ0n) is 13.0. The molecular weight excluding hydrogens is 310 g/mol. The van der Waals surface area contributed by atoms with E-state index in [1.165, 1.54) is 18.4 Å². The van der Waals surface area contributed by atoms with Crippen LogP contribution in [0.25, 0.3) is 0 Å². The number of carbonyl (C=O) groups is 1. The molecule has 0 saturated heterocycles. The van der Waals surface area contributed by atoms with Gasteiger partial charge in [0.25, 0.3) is 0 Å². The Bertz CT molecular complexity index is 782. The molecule has 5 heteroatoms. The zero-order chi connectivity index (χ0) is 16.0. The maximum absolute atomic E-state index is 12.0. The number of hydrogen-bond donors (Lipinski definition) is 1. The van der Waals surface area contributed by atoms with Crippen molar-refractivity contribution in [3.8, 4) is 0 Å². The molecule has 118 valence electrons. The molecule has 0 radical (unpaired) electrons. The Morgan fingerprint density at radius 1 is 1.13 bits per heavy atom. The van der Waals surface area contributed by atoms with Crippen LogP contribution in [0.4, 0.5) is 11.5 Å². The summed E-state index contributed by atoms with van der Waals surface area (Å²) in [6.45, 7) is 1.58. The molecule has 3 aliphatic carbocycles. The fourth-order valence-corrected chi connectivity index (χ4v) is 4.21. The fraction of sp³-hybridized carbons (Fsp3) is 0.389. The maximum atomic E-state index is 12.0. The standard InChI is InChI=1S/C18H18ClN3O/c1-10(23)17-15-11-5-7-12(8-6-11)16(15)18(22-21-17)20-14-4-2-3-13(19)9-14/h2-4,9,11-12H,5-8H2,1H3,(H,20,22). The number of carbonyl (C=O) groups excluding carboxylic acids is 1.